The highest BCUT2D eigenvalue weighted by Gasteiger charge is 2.44. The number of benzene rings is 2. The number of fused-ring (bicyclic) bond motifs is 1. The van der Waals surface area contributed by atoms with Crippen LogP contribution < -0.4 is 14.8 Å². The summed E-state index contributed by atoms with van der Waals surface area (Å²) in [6.07, 6.45) is 2.31. The molecule has 1 saturated carbocycles. The van der Waals surface area contributed by atoms with Crippen molar-refractivity contribution in [2.75, 3.05) is 39.5 Å². The zero-order valence-corrected chi connectivity index (χ0v) is 16.6. The molecule has 6 heteroatoms. The predicted molar refractivity (Wildman–Crippen MR) is 110 cm³/mol. The summed E-state index contributed by atoms with van der Waals surface area (Å²) in [5.41, 5.74) is 2.71. The van der Waals surface area contributed by atoms with Crippen LogP contribution in [0.2, 0.25) is 0 Å². The Morgan fingerprint density at radius 2 is 1.72 bits per heavy atom. The van der Waals surface area contributed by atoms with Gasteiger partial charge in [0, 0.05) is 44.7 Å². The number of nitrogens with one attached hydrogen (secondary N) is 1. The fraction of sp³-hybridized carbons (Fsp3) is 0.435. The van der Waals surface area contributed by atoms with Crippen molar-refractivity contribution in [2.45, 2.75) is 24.8 Å². The third-order valence-corrected chi connectivity index (χ3v) is 6.32. The van der Waals surface area contributed by atoms with Gasteiger partial charge in [-0.25, -0.2) is 4.79 Å². The average molecular weight is 393 g/mol. The van der Waals surface area contributed by atoms with Crippen molar-refractivity contribution in [3.05, 3.63) is 59.7 Å². The zero-order valence-electron chi connectivity index (χ0n) is 16.6. The first-order valence-electron chi connectivity index (χ1n) is 10.4. The number of hydrogen-bond donors (Lipinski definition) is 1. The minimum absolute atomic E-state index is 0.0648. The highest BCUT2D eigenvalue weighted by Crippen LogP contribution is 2.47. The maximum absolute atomic E-state index is 12.7. The average Bonchev–Trinajstić information content (AvgIpc) is 3.42. The maximum Gasteiger partial charge on any atom is 0.317 e. The van der Waals surface area contributed by atoms with Gasteiger partial charge in [-0.15, -0.1) is 0 Å². The maximum atomic E-state index is 12.7. The Morgan fingerprint density at radius 3 is 2.48 bits per heavy atom. The summed E-state index contributed by atoms with van der Waals surface area (Å²) >= 11 is 0. The van der Waals surface area contributed by atoms with E-state index < -0.39 is 0 Å². The first-order valence-corrected chi connectivity index (χ1v) is 10.4. The third-order valence-electron chi connectivity index (χ3n) is 6.32. The van der Waals surface area contributed by atoms with Crippen LogP contribution in [0.3, 0.4) is 0 Å². The second-order valence-corrected chi connectivity index (χ2v) is 8.26. The molecule has 2 aromatic rings. The summed E-state index contributed by atoms with van der Waals surface area (Å²) in [5, 5.41) is 3.18. The van der Waals surface area contributed by atoms with Crippen LogP contribution in [-0.2, 0) is 12.0 Å². The lowest BCUT2D eigenvalue weighted by Crippen LogP contribution is -2.52. The van der Waals surface area contributed by atoms with Crippen molar-refractivity contribution in [3.8, 4) is 11.5 Å². The van der Waals surface area contributed by atoms with E-state index in [1.807, 2.05) is 17.0 Å². The number of carbonyl (C=O) groups is 1. The third kappa shape index (κ3) is 3.90. The van der Waals surface area contributed by atoms with Crippen molar-refractivity contribution in [2.24, 2.45) is 0 Å². The van der Waals surface area contributed by atoms with E-state index in [0.29, 0.717) is 6.79 Å². The summed E-state index contributed by atoms with van der Waals surface area (Å²) in [4.78, 5) is 17.0. The Morgan fingerprint density at radius 1 is 0.966 bits per heavy atom. The van der Waals surface area contributed by atoms with E-state index in [2.05, 4.69) is 46.6 Å². The van der Waals surface area contributed by atoms with E-state index in [9.17, 15) is 4.79 Å². The first-order chi connectivity index (χ1) is 14.2. The summed E-state index contributed by atoms with van der Waals surface area (Å²) in [7, 11) is 0. The van der Waals surface area contributed by atoms with E-state index >= 15 is 0 Å². The van der Waals surface area contributed by atoms with Gasteiger partial charge in [0.1, 0.15) is 0 Å². The number of nitrogens with zero attached hydrogens (tertiary/aromatic N) is 2. The van der Waals surface area contributed by atoms with Crippen LogP contribution in [0.1, 0.15) is 24.0 Å². The molecule has 152 valence electrons. The van der Waals surface area contributed by atoms with Crippen molar-refractivity contribution >= 4 is 6.03 Å². The quantitative estimate of drug-likeness (QED) is 0.849. The molecular formula is C23H27N3O3. The Labute approximate surface area is 171 Å². The fourth-order valence-corrected chi connectivity index (χ4v) is 4.27. The summed E-state index contributed by atoms with van der Waals surface area (Å²) in [5.74, 6) is 1.65. The van der Waals surface area contributed by atoms with Crippen LogP contribution in [0, 0.1) is 0 Å². The SMILES string of the molecule is O=C(NCC1(c2ccccc2)CC1)N1CCN(Cc2ccc3c(c2)OCO3)CC1. The van der Waals surface area contributed by atoms with Crippen molar-refractivity contribution in [1.82, 2.24) is 15.1 Å². The van der Waals surface area contributed by atoms with Crippen molar-refractivity contribution < 1.29 is 14.3 Å². The normalized spacial score (nSPS) is 19.8. The van der Waals surface area contributed by atoms with Gasteiger partial charge in [0.25, 0.3) is 0 Å². The minimum Gasteiger partial charge on any atom is -0.454 e. The predicted octanol–water partition coefficient (Wildman–Crippen LogP) is 2.97. The molecule has 0 atom stereocenters. The van der Waals surface area contributed by atoms with Crippen LogP contribution in [0.5, 0.6) is 11.5 Å². The second-order valence-electron chi connectivity index (χ2n) is 8.26. The topological polar surface area (TPSA) is 54.0 Å². The molecule has 2 aromatic carbocycles. The molecule has 0 spiro atoms. The fourth-order valence-electron chi connectivity index (χ4n) is 4.27. The molecule has 3 aliphatic rings. The molecule has 2 heterocycles. The number of rotatable bonds is 5. The first kappa shape index (κ1) is 18.3. The van der Waals surface area contributed by atoms with Gasteiger partial charge >= 0.3 is 6.03 Å². The molecular weight excluding hydrogens is 366 g/mol. The van der Waals surface area contributed by atoms with Crippen molar-refractivity contribution in [1.29, 1.82) is 0 Å². The lowest BCUT2D eigenvalue weighted by atomic mass is 9.96. The number of carbonyl (C=O) groups excluding carboxylic acids is 1. The Bertz CT molecular complexity index is 874. The molecule has 1 saturated heterocycles. The molecule has 0 aromatic heterocycles. The molecule has 6 nitrogen and oxygen atoms in total. The van der Waals surface area contributed by atoms with Crippen molar-refractivity contribution in [3.63, 3.8) is 0 Å². The Hall–Kier alpha value is -2.73. The van der Waals surface area contributed by atoms with E-state index in [-0.39, 0.29) is 11.4 Å². The van der Waals surface area contributed by atoms with E-state index in [0.717, 1.165) is 63.6 Å². The molecule has 5 rings (SSSR count). The van der Waals surface area contributed by atoms with Gasteiger partial charge in [-0.1, -0.05) is 36.4 Å². The molecule has 0 radical (unpaired) electrons. The largest absolute Gasteiger partial charge is 0.454 e. The summed E-state index contributed by atoms with van der Waals surface area (Å²) in [6.45, 7) is 5.18. The van der Waals surface area contributed by atoms with E-state index in [1.54, 1.807) is 0 Å². The zero-order chi connectivity index (χ0) is 19.7. The van der Waals surface area contributed by atoms with Crippen LogP contribution in [-0.4, -0.2) is 55.3 Å². The van der Waals surface area contributed by atoms with Crippen LogP contribution >= 0.6 is 0 Å². The smallest absolute Gasteiger partial charge is 0.317 e. The number of piperazine rings is 1. The van der Waals surface area contributed by atoms with Gasteiger partial charge in [-0.05, 0) is 36.1 Å². The van der Waals surface area contributed by atoms with Gasteiger partial charge in [0.15, 0.2) is 11.5 Å². The number of urea groups is 1. The monoisotopic (exact) mass is 393 g/mol. The van der Waals surface area contributed by atoms with Crippen LogP contribution in [0.4, 0.5) is 4.79 Å². The number of amides is 2. The van der Waals surface area contributed by atoms with Crippen LogP contribution in [0.15, 0.2) is 48.5 Å². The molecule has 1 aliphatic carbocycles. The lowest BCUT2D eigenvalue weighted by molar-refractivity contribution is 0.135. The molecule has 1 N–H and O–H groups in total. The van der Waals surface area contributed by atoms with E-state index in [1.165, 1.54) is 11.1 Å². The number of hydrogen-bond acceptors (Lipinski definition) is 4. The van der Waals surface area contributed by atoms with Gasteiger partial charge < -0.3 is 19.7 Å². The molecule has 29 heavy (non-hydrogen) atoms. The van der Waals surface area contributed by atoms with Gasteiger partial charge in [-0.2, -0.15) is 0 Å². The highest BCUT2D eigenvalue weighted by molar-refractivity contribution is 5.74. The minimum atomic E-state index is 0.0648. The second kappa shape index (κ2) is 7.59. The van der Waals surface area contributed by atoms with Gasteiger partial charge in [0.05, 0.1) is 0 Å². The standard InChI is InChI=1S/C23H27N3O3/c27-22(24-16-23(8-9-23)19-4-2-1-3-5-19)26-12-10-25(11-13-26)15-18-6-7-20-21(14-18)29-17-28-20/h1-7,14H,8-13,15-17H2,(H,24,27). The molecule has 0 bridgehead atoms. The molecule has 0 unspecified atom stereocenters. The van der Waals surface area contributed by atoms with Gasteiger partial charge in [0.2, 0.25) is 6.79 Å². The molecule has 2 amide bonds. The lowest BCUT2D eigenvalue weighted by Gasteiger charge is -2.35. The van der Waals surface area contributed by atoms with Crippen LogP contribution in [0.25, 0.3) is 0 Å². The summed E-state index contributed by atoms with van der Waals surface area (Å²) < 4.78 is 10.8. The van der Waals surface area contributed by atoms with Gasteiger partial charge in [-0.3, -0.25) is 4.90 Å². The Balaban J connectivity index is 1.10. The summed E-state index contributed by atoms with van der Waals surface area (Å²) in [6, 6.07) is 16.7. The molecule has 2 fully saturated rings. The molecule has 2 aliphatic heterocycles. The Kier molecular flexibility index (Phi) is 4.79. The highest BCUT2D eigenvalue weighted by atomic mass is 16.7. The van der Waals surface area contributed by atoms with E-state index in [4.69, 9.17) is 9.47 Å². The number of ether oxygens (including phenoxy) is 2.